The van der Waals surface area contributed by atoms with Crippen LogP contribution in [0.4, 0.5) is 0 Å². The van der Waals surface area contributed by atoms with E-state index in [1.807, 2.05) is 0 Å². The summed E-state index contributed by atoms with van der Waals surface area (Å²) in [6, 6.07) is 1.54. The molecule has 0 bridgehead atoms. The van der Waals surface area contributed by atoms with E-state index in [1.54, 1.807) is 7.11 Å². The molecule has 1 aromatic heterocycles. The van der Waals surface area contributed by atoms with E-state index in [2.05, 4.69) is 9.68 Å². The van der Waals surface area contributed by atoms with Crippen molar-refractivity contribution in [2.24, 2.45) is 0 Å². The van der Waals surface area contributed by atoms with Crippen LogP contribution in [-0.2, 0) is 11.3 Å². The lowest BCUT2D eigenvalue weighted by molar-refractivity contribution is 0.109. The summed E-state index contributed by atoms with van der Waals surface area (Å²) >= 11 is 0. The summed E-state index contributed by atoms with van der Waals surface area (Å²) in [7, 11) is 1.55. The van der Waals surface area contributed by atoms with E-state index in [1.165, 1.54) is 6.07 Å². The summed E-state index contributed by atoms with van der Waals surface area (Å²) in [5.41, 5.74) is 0.629. The molecule has 1 rings (SSSR count). The van der Waals surface area contributed by atoms with Gasteiger partial charge >= 0.3 is 0 Å². The molecule has 0 aliphatic heterocycles. The van der Waals surface area contributed by atoms with Crippen LogP contribution in [0.25, 0.3) is 0 Å². The number of hydrogen-bond acceptors (Lipinski definition) is 4. The van der Waals surface area contributed by atoms with Crippen molar-refractivity contribution in [1.29, 1.82) is 0 Å². The van der Waals surface area contributed by atoms with Crippen molar-refractivity contribution in [2.75, 3.05) is 7.11 Å². The minimum absolute atomic E-state index is 0.229. The fourth-order valence-electron chi connectivity index (χ4n) is 0.600. The molecule has 0 aromatic carbocycles. The molecule has 1 aromatic rings. The second-order valence-corrected chi connectivity index (χ2v) is 1.77. The van der Waals surface area contributed by atoms with Gasteiger partial charge in [-0.3, -0.25) is 4.79 Å². The lowest BCUT2D eigenvalue weighted by Gasteiger charge is -1.86. The molecule has 54 valence electrons. The van der Waals surface area contributed by atoms with Crippen LogP contribution in [0.15, 0.2) is 10.6 Å². The molecular weight excluding hydrogens is 134 g/mol. The van der Waals surface area contributed by atoms with Crippen molar-refractivity contribution in [3.63, 3.8) is 0 Å². The highest BCUT2D eigenvalue weighted by molar-refractivity contribution is 5.70. The average Bonchev–Trinajstić information content (AvgIpc) is 2.37. The molecule has 0 fully saturated rings. The van der Waals surface area contributed by atoms with Crippen LogP contribution in [0.1, 0.15) is 16.2 Å². The minimum atomic E-state index is 0.229. The second-order valence-electron chi connectivity index (χ2n) is 1.77. The molecule has 4 nitrogen and oxygen atoms in total. The summed E-state index contributed by atoms with van der Waals surface area (Å²) in [4.78, 5) is 10.0. The fourth-order valence-corrected chi connectivity index (χ4v) is 0.600. The lowest BCUT2D eigenvalue weighted by atomic mass is 10.4. The lowest BCUT2D eigenvalue weighted by Crippen LogP contribution is -1.84. The van der Waals surface area contributed by atoms with Crippen LogP contribution in [0, 0.1) is 0 Å². The van der Waals surface area contributed by atoms with Crippen molar-refractivity contribution >= 4 is 6.29 Å². The van der Waals surface area contributed by atoms with E-state index in [-0.39, 0.29) is 5.76 Å². The highest BCUT2D eigenvalue weighted by atomic mass is 16.5. The van der Waals surface area contributed by atoms with Crippen molar-refractivity contribution in [3.8, 4) is 0 Å². The smallest absolute Gasteiger partial charge is 0.199 e. The predicted molar refractivity (Wildman–Crippen MR) is 32.6 cm³/mol. The monoisotopic (exact) mass is 141 g/mol. The first kappa shape index (κ1) is 6.95. The fraction of sp³-hybridized carbons (Fsp3) is 0.333. The Kier molecular flexibility index (Phi) is 2.17. The molecule has 10 heavy (non-hydrogen) atoms. The van der Waals surface area contributed by atoms with Crippen molar-refractivity contribution in [3.05, 3.63) is 17.5 Å². The van der Waals surface area contributed by atoms with Crippen LogP contribution in [0.2, 0.25) is 0 Å². The van der Waals surface area contributed by atoms with Crippen LogP contribution in [0.5, 0.6) is 0 Å². The van der Waals surface area contributed by atoms with E-state index in [0.29, 0.717) is 18.6 Å². The van der Waals surface area contributed by atoms with Gasteiger partial charge in [-0.2, -0.15) is 0 Å². The Morgan fingerprint density at radius 1 is 1.90 bits per heavy atom. The number of nitrogens with zero attached hydrogens (tertiary/aromatic N) is 1. The molecule has 0 radical (unpaired) electrons. The van der Waals surface area contributed by atoms with E-state index < -0.39 is 0 Å². The van der Waals surface area contributed by atoms with Crippen LogP contribution < -0.4 is 0 Å². The Hall–Kier alpha value is -1.16. The number of carbonyl (C=O) groups excluding carboxylic acids is 1. The summed E-state index contributed by atoms with van der Waals surface area (Å²) in [6.45, 7) is 0.372. The largest absolute Gasteiger partial charge is 0.378 e. The van der Waals surface area contributed by atoms with Crippen molar-refractivity contribution in [1.82, 2.24) is 5.16 Å². The molecule has 4 heteroatoms. The average molecular weight is 141 g/mol. The van der Waals surface area contributed by atoms with E-state index in [9.17, 15) is 4.79 Å². The Labute approximate surface area is 57.8 Å². The predicted octanol–water partition coefficient (Wildman–Crippen LogP) is 0.634. The molecule has 0 unspecified atom stereocenters. The van der Waals surface area contributed by atoms with Crippen LogP contribution in [-0.4, -0.2) is 18.6 Å². The van der Waals surface area contributed by atoms with Gasteiger partial charge in [0.1, 0.15) is 5.69 Å². The van der Waals surface area contributed by atoms with Crippen LogP contribution in [0.3, 0.4) is 0 Å². The van der Waals surface area contributed by atoms with Gasteiger partial charge in [0.15, 0.2) is 12.0 Å². The molecule has 0 aliphatic carbocycles. The molecular formula is C6H7NO3. The van der Waals surface area contributed by atoms with Gasteiger partial charge in [-0.15, -0.1) is 0 Å². The van der Waals surface area contributed by atoms with Gasteiger partial charge in [-0.05, 0) is 0 Å². The minimum Gasteiger partial charge on any atom is -0.378 e. The number of carbonyl (C=O) groups is 1. The number of aldehydes is 1. The molecule has 1 heterocycles. The van der Waals surface area contributed by atoms with E-state index in [0.717, 1.165) is 0 Å². The summed E-state index contributed by atoms with van der Waals surface area (Å²) in [5.74, 6) is 0.229. The van der Waals surface area contributed by atoms with Gasteiger partial charge in [0.2, 0.25) is 0 Å². The van der Waals surface area contributed by atoms with Crippen LogP contribution >= 0.6 is 0 Å². The first-order valence-electron chi connectivity index (χ1n) is 2.76. The Morgan fingerprint density at radius 3 is 3.20 bits per heavy atom. The molecule has 0 spiro atoms. The highest BCUT2D eigenvalue weighted by Crippen LogP contribution is 2.00. The normalized spacial score (nSPS) is 9.70. The first-order chi connectivity index (χ1) is 4.86. The number of methoxy groups -OCH3 is 1. The third kappa shape index (κ3) is 1.41. The van der Waals surface area contributed by atoms with Crippen molar-refractivity contribution < 1.29 is 14.1 Å². The zero-order chi connectivity index (χ0) is 7.40. The van der Waals surface area contributed by atoms with Gasteiger partial charge in [0.25, 0.3) is 0 Å². The van der Waals surface area contributed by atoms with Gasteiger partial charge in [-0.1, -0.05) is 5.16 Å². The number of ether oxygens (including phenoxy) is 1. The number of aromatic nitrogens is 1. The molecule has 0 aliphatic rings. The Morgan fingerprint density at radius 2 is 2.70 bits per heavy atom. The quantitative estimate of drug-likeness (QED) is 0.579. The molecule has 0 saturated carbocycles. The maximum atomic E-state index is 10.0. The molecule has 0 amide bonds. The van der Waals surface area contributed by atoms with Gasteiger partial charge in [0.05, 0.1) is 6.61 Å². The summed E-state index contributed by atoms with van der Waals surface area (Å²) < 4.78 is 9.32. The summed E-state index contributed by atoms with van der Waals surface area (Å²) in [5, 5.41) is 3.55. The SMILES string of the molecule is COCc1cc(C=O)on1. The maximum Gasteiger partial charge on any atom is 0.199 e. The Balaban J connectivity index is 2.68. The summed E-state index contributed by atoms with van der Waals surface area (Å²) in [6.07, 6.45) is 0.603. The zero-order valence-electron chi connectivity index (χ0n) is 5.53. The Bertz CT molecular complexity index is 219. The highest BCUT2D eigenvalue weighted by Gasteiger charge is 2.00. The maximum absolute atomic E-state index is 10.0. The van der Waals surface area contributed by atoms with E-state index in [4.69, 9.17) is 4.74 Å². The molecule has 0 atom stereocenters. The third-order valence-corrected chi connectivity index (χ3v) is 0.986. The molecule has 0 N–H and O–H groups in total. The zero-order valence-corrected chi connectivity index (χ0v) is 5.53. The first-order valence-corrected chi connectivity index (χ1v) is 2.76. The number of rotatable bonds is 3. The topological polar surface area (TPSA) is 52.3 Å². The standard InChI is InChI=1S/C6H7NO3/c1-9-4-5-2-6(3-8)10-7-5/h2-3H,4H2,1H3. The third-order valence-electron chi connectivity index (χ3n) is 0.986. The van der Waals surface area contributed by atoms with Crippen molar-refractivity contribution in [2.45, 2.75) is 6.61 Å². The van der Waals surface area contributed by atoms with Gasteiger partial charge in [-0.25, -0.2) is 0 Å². The number of hydrogen-bond donors (Lipinski definition) is 0. The second kappa shape index (κ2) is 3.12. The van der Waals surface area contributed by atoms with Gasteiger partial charge in [0, 0.05) is 13.2 Å². The van der Waals surface area contributed by atoms with E-state index >= 15 is 0 Å². The molecule has 0 saturated heterocycles. The van der Waals surface area contributed by atoms with Gasteiger partial charge < -0.3 is 9.26 Å².